The van der Waals surface area contributed by atoms with Crippen molar-refractivity contribution in [2.24, 2.45) is 0 Å². The Labute approximate surface area is 251 Å². The zero-order valence-corrected chi connectivity index (χ0v) is 24.2. The molecule has 4 N–H and O–H groups in total. The number of hydrogen-bond acceptors (Lipinski definition) is 10. The van der Waals surface area contributed by atoms with E-state index >= 15 is 0 Å². The van der Waals surface area contributed by atoms with Gasteiger partial charge in [-0.15, -0.1) is 0 Å². The predicted octanol–water partition coefficient (Wildman–Crippen LogP) is 4.10. The van der Waals surface area contributed by atoms with Crippen molar-refractivity contribution in [1.82, 2.24) is 19.8 Å². The topological polar surface area (TPSA) is 149 Å². The molecule has 0 spiro atoms. The van der Waals surface area contributed by atoms with Gasteiger partial charge >= 0.3 is 0 Å². The van der Waals surface area contributed by atoms with Crippen molar-refractivity contribution < 1.29 is 23.1 Å². The van der Waals surface area contributed by atoms with Crippen LogP contribution in [0.25, 0.3) is 11.0 Å². The smallest absolute Gasteiger partial charge is 0.263 e. The molecule has 0 radical (unpaired) electrons. The molecule has 1 amide bonds. The summed E-state index contributed by atoms with van der Waals surface area (Å²) in [6.07, 6.45) is 0. The lowest BCUT2D eigenvalue weighted by atomic mass is 10.2. The summed E-state index contributed by atoms with van der Waals surface area (Å²) in [6.45, 7) is 6.77. The average molecular weight is 608 g/mol. The molecule has 3 aromatic carbocycles. The highest BCUT2D eigenvalue weighted by atomic mass is 32.2. The summed E-state index contributed by atoms with van der Waals surface area (Å²) >= 11 is 0. The van der Waals surface area contributed by atoms with Crippen LogP contribution >= 0.6 is 0 Å². The number of rotatable bonds is 10. The molecule has 0 aliphatic carbocycles. The maximum atomic E-state index is 13.5. The van der Waals surface area contributed by atoms with Gasteiger partial charge in [0.15, 0.2) is 11.6 Å². The summed E-state index contributed by atoms with van der Waals surface area (Å²) in [5, 5.41) is 15.9. The molecule has 1 fully saturated rings. The maximum absolute atomic E-state index is 13.5. The second kappa shape index (κ2) is 13.7. The van der Waals surface area contributed by atoms with Crippen LogP contribution in [-0.4, -0.2) is 85.6 Å². The molecule has 0 unspecified atom stereocenters. The van der Waals surface area contributed by atoms with E-state index in [4.69, 9.17) is 4.74 Å². The van der Waals surface area contributed by atoms with E-state index in [2.05, 4.69) is 42.0 Å². The van der Waals surface area contributed by atoms with Gasteiger partial charge in [0.05, 0.1) is 29.6 Å². The number of nitrogens with zero attached hydrogens (tertiary/aromatic N) is 4. The molecule has 0 saturated carbocycles. The van der Waals surface area contributed by atoms with E-state index in [0.29, 0.717) is 28.2 Å². The number of para-hydroxylation sites is 2. The molecular weight excluding hydrogens is 570 g/mol. The Kier molecular flexibility index (Phi) is 10.0. The van der Waals surface area contributed by atoms with Gasteiger partial charge in [-0.1, -0.05) is 32.5 Å². The summed E-state index contributed by atoms with van der Waals surface area (Å²) in [4.78, 5) is 26.1. The van der Waals surface area contributed by atoms with E-state index in [1.807, 2.05) is 0 Å². The Hall–Kier alpha value is -4.46. The number of benzene rings is 3. The SMILES string of the molecule is C.CCN1CCN(CC(=O)Nc2cccc(S(=O)(=O)Nc3nc4ccccc4nc3Nc3cc(O)cc(OC)c3)c2)CC1. The summed E-state index contributed by atoms with van der Waals surface area (Å²) in [5.74, 6) is 0.218. The van der Waals surface area contributed by atoms with Gasteiger partial charge in [0.1, 0.15) is 11.5 Å². The minimum Gasteiger partial charge on any atom is -0.508 e. The standard InChI is InChI=1S/C29H33N7O5S.CH4/c1-3-35-11-13-36(14-12-35)19-27(38)30-20-7-6-8-24(17-20)42(39,40)34-29-28(32-25-9-4-5-10-26(25)33-29)31-21-15-22(37)18-23(16-21)41-2;/h4-10,15-18,37H,3,11-14,19H2,1-2H3,(H,30,38)(H,31,32)(H,33,34);1H4. The van der Waals surface area contributed by atoms with Gasteiger partial charge < -0.3 is 25.4 Å². The van der Waals surface area contributed by atoms with E-state index in [1.54, 1.807) is 42.5 Å². The van der Waals surface area contributed by atoms with Crippen molar-refractivity contribution in [3.63, 3.8) is 0 Å². The van der Waals surface area contributed by atoms with Gasteiger partial charge in [-0.2, -0.15) is 0 Å². The number of nitrogens with one attached hydrogen (secondary N) is 3. The fourth-order valence-electron chi connectivity index (χ4n) is 4.66. The minimum absolute atomic E-state index is 0. The van der Waals surface area contributed by atoms with Crippen LogP contribution in [0.3, 0.4) is 0 Å². The first kappa shape index (κ1) is 31.5. The van der Waals surface area contributed by atoms with E-state index in [0.717, 1.165) is 32.7 Å². The predicted molar refractivity (Wildman–Crippen MR) is 169 cm³/mol. The van der Waals surface area contributed by atoms with Crippen LogP contribution in [0.5, 0.6) is 11.5 Å². The first-order valence-electron chi connectivity index (χ1n) is 13.5. The van der Waals surface area contributed by atoms with Crippen LogP contribution in [0, 0.1) is 0 Å². The number of aromatic hydroxyl groups is 1. The molecule has 2 heterocycles. The van der Waals surface area contributed by atoms with Crippen molar-refractivity contribution in [2.45, 2.75) is 19.2 Å². The number of piperazine rings is 1. The van der Waals surface area contributed by atoms with E-state index in [1.165, 1.54) is 31.4 Å². The Morgan fingerprint density at radius 2 is 1.58 bits per heavy atom. The minimum atomic E-state index is -4.15. The summed E-state index contributed by atoms with van der Waals surface area (Å²) in [7, 11) is -2.68. The largest absolute Gasteiger partial charge is 0.508 e. The quantitative estimate of drug-likeness (QED) is 0.208. The molecule has 228 valence electrons. The van der Waals surface area contributed by atoms with Crippen molar-refractivity contribution in [2.75, 3.05) is 61.7 Å². The number of hydrogen-bond donors (Lipinski definition) is 4. The molecule has 1 aliphatic heterocycles. The third-order valence-electron chi connectivity index (χ3n) is 6.90. The maximum Gasteiger partial charge on any atom is 0.263 e. The number of methoxy groups -OCH3 is 1. The molecular formula is C30H37N7O5S. The number of sulfonamides is 1. The lowest BCUT2D eigenvalue weighted by Gasteiger charge is -2.33. The lowest BCUT2D eigenvalue weighted by Crippen LogP contribution is -2.48. The number of aromatic nitrogens is 2. The highest BCUT2D eigenvalue weighted by Gasteiger charge is 2.21. The van der Waals surface area contributed by atoms with Crippen LogP contribution in [0.4, 0.5) is 23.0 Å². The number of fused-ring (bicyclic) bond motifs is 1. The van der Waals surface area contributed by atoms with Gasteiger partial charge in [-0.05, 0) is 36.9 Å². The second-order valence-corrected chi connectivity index (χ2v) is 11.5. The molecule has 1 saturated heterocycles. The molecule has 12 nitrogen and oxygen atoms in total. The number of anilines is 4. The van der Waals surface area contributed by atoms with Crippen LogP contribution in [0.15, 0.2) is 71.6 Å². The van der Waals surface area contributed by atoms with Crippen molar-refractivity contribution in [3.05, 3.63) is 66.7 Å². The molecule has 13 heteroatoms. The zero-order valence-electron chi connectivity index (χ0n) is 23.4. The first-order chi connectivity index (χ1) is 20.2. The van der Waals surface area contributed by atoms with Crippen LogP contribution < -0.4 is 20.1 Å². The van der Waals surface area contributed by atoms with E-state index in [-0.39, 0.29) is 42.2 Å². The van der Waals surface area contributed by atoms with Crippen molar-refractivity contribution in [3.8, 4) is 11.5 Å². The fourth-order valence-corrected chi connectivity index (χ4v) is 5.72. The van der Waals surface area contributed by atoms with Crippen LogP contribution in [-0.2, 0) is 14.8 Å². The molecule has 43 heavy (non-hydrogen) atoms. The number of carbonyl (C=O) groups is 1. The third-order valence-corrected chi connectivity index (χ3v) is 8.24. The fraction of sp³-hybridized carbons (Fsp3) is 0.300. The third kappa shape index (κ3) is 7.89. The second-order valence-electron chi connectivity index (χ2n) is 9.85. The Bertz CT molecular complexity index is 1690. The lowest BCUT2D eigenvalue weighted by molar-refractivity contribution is -0.117. The molecule has 5 rings (SSSR count). The number of phenolic OH excluding ortho intramolecular Hbond substituents is 1. The first-order valence-corrected chi connectivity index (χ1v) is 15.0. The Morgan fingerprint density at radius 3 is 2.26 bits per heavy atom. The highest BCUT2D eigenvalue weighted by Crippen LogP contribution is 2.31. The summed E-state index contributed by atoms with van der Waals surface area (Å²) in [5.41, 5.74) is 1.80. The van der Waals surface area contributed by atoms with Crippen LogP contribution in [0.1, 0.15) is 14.4 Å². The normalized spacial score (nSPS) is 14.1. The van der Waals surface area contributed by atoms with E-state index in [9.17, 15) is 18.3 Å². The van der Waals surface area contributed by atoms with Crippen LogP contribution in [0.2, 0.25) is 0 Å². The Morgan fingerprint density at radius 1 is 0.907 bits per heavy atom. The molecule has 0 atom stereocenters. The monoisotopic (exact) mass is 607 g/mol. The van der Waals surface area contributed by atoms with Crippen molar-refractivity contribution >= 4 is 50.0 Å². The van der Waals surface area contributed by atoms with E-state index < -0.39 is 10.0 Å². The van der Waals surface area contributed by atoms with Gasteiger partial charge in [-0.25, -0.2) is 18.4 Å². The number of likely N-dealkylation sites (N-methyl/N-ethyl adjacent to an activating group) is 1. The average Bonchev–Trinajstić information content (AvgIpc) is 2.97. The summed E-state index contributed by atoms with van der Waals surface area (Å²) in [6, 6.07) is 17.6. The Balaban J connectivity index is 0.00000423. The molecule has 0 bridgehead atoms. The molecule has 1 aromatic heterocycles. The van der Waals surface area contributed by atoms with Gasteiger partial charge in [0, 0.05) is 55.8 Å². The number of phenols is 1. The van der Waals surface area contributed by atoms with Gasteiger partial charge in [0.25, 0.3) is 10.0 Å². The number of ether oxygens (including phenoxy) is 1. The van der Waals surface area contributed by atoms with Gasteiger partial charge in [0.2, 0.25) is 5.91 Å². The summed E-state index contributed by atoms with van der Waals surface area (Å²) < 4.78 is 34.8. The molecule has 4 aromatic rings. The zero-order chi connectivity index (χ0) is 29.7. The van der Waals surface area contributed by atoms with Crippen molar-refractivity contribution in [1.29, 1.82) is 0 Å². The highest BCUT2D eigenvalue weighted by molar-refractivity contribution is 7.92. The number of amides is 1. The molecule has 1 aliphatic rings. The number of carbonyl (C=O) groups excluding carboxylic acids is 1. The van der Waals surface area contributed by atoms with Gasteiger partial charge in [-0.3, -0.25) is 14.4 Å².